The van der Waals surface area contributed by atoms with Gasteiger partial charge in [0.05, 0.1) is 12.0 Å². The summed E-state index contributed by atoms with van der Waals surface area (Å²) in [7, 11) is -2.04. The minimum atomic E-state index is -3.57. The molecule has 0 radical (unpaired) electrons. The van der Waals surface area contributed by atoms with Crippen molar-refractivity contribution in [3.63, 3.8) is 0 Å². The van der Waals surface area contributed by atoms with Crippen LogP contribution in [0, 0.1) is 18.3 Å². The van der Waals surface area contributed by atoms with Crippen molar-refractivity contribution >= 4 is 15.9 Å². The normalized spacial score (nSPS) is 16.5. The smallest absolute Gasteiger partial charge is 0.243 e. The molecule has 1 amide bonds. The molecule has 1 aliphatic heterocycles. The van der Waals surface area contributed by atoms with Crippen LogP contribution in [0.15, 0.2) is 29.2 Å². The van der Waals surface area contributed by atoms with Gasteiger partial charge in [-0.2, -0.15) is 4.31 Å². The van der Waals surface area contributed by atoms with Crippen molar-refractivity contribution in [2.45, 2.75) is 50.0 Å². The van der Waals surface area contributed by atoms with E-state index in [-0.39, 0.29) is 16.7 Å². The third-order valence-electron chi connectivity index (χ3n) is 5.37. The Bertz CT molecular complexity index is 784. The molecule has 7 heteroatoms. The van der Waals surface area contributed by atoms with Crippen molar-refractivity contribution in [2.24, 2.45) is 5.92 Å². The van der Waals surface area contributed by atoms with Gasteiger partial charge in [0.1, 0.15) is 11.3 Å². The van der Waals surface area contributed by atoms with Gasteiger partial charge in [-0.25, -0.2) is 8.42 Å². The predicted octanol–water partition coefficient (Wildman–Crippen LogP) is 2.40. The first-order valence-electron chi connectivity index (χ1n) is 9.26. The third-order valence-corrected chi connectivity index (χ3v) is 7.28. The van der Waals surface area contributed by atoms with Gasteiger partial charge >= 0.3 is 0 Å². The Balaban J connectivity index is 2.01. The summed E-state index contributed by atoms with van der Waals surface area (Å²) < 4.78 is 32.1. The third kappa shape index (κ3) is 4.63. The van der Waals surface area contributed by atoms with E-state index in [0.29, 0.717) is 44.5 Å². The number of benzene rings is 1. The molecule has 0 aliphatic carbocycles. The number of hydrogen-bond donors (Lipinski definition) is 1. The van der Waals surface area contributed by atoms with Crippen LogP contribution in [0.25, 0.3) is 0 Å². The van der Waals surface area contributed by atoms with Gasteiger partial charge in [0.15, 0.2) is 0 Å². The monoisotopic (exact) mass is 392 g/mol. The predicted molar refractivity (Wildman–Crippen MR) is 105 cm³/mol. The standard InChI is InChI=1S/C20H28N2O4S/c1-5-20(6-2,7-3)21-19(23)16-12-14-22(15-13-16)27(24,25)18-10-8-17(26-4)9-11-18/h1,8-11,16H,6-7,12-15H2,2-4H3,(H,21,23). The number of rotatable bonds is 7. The molecule has 0 saturated carbocycles. The molecular weight excluding hydrogens is 364 g/mol. The molecule has 148 valence electrons. The van der Waals surface area contributed by atoms with Gasteiger partial charge in [-0.15, -0.1) is 6.42 Å². The average molecular weight is 393 g/mol. The molecule has 1 saturated heterocycles. The molecule has 2 rings (SSSR count). The van der Waals surface area contributed by atoms with Gasteiger partial charge in [0.2, 0.25) is 15.9 Å². The van der Waals surface area contributed by atoms with Crippen LogP contribution in [0.2, 0.25) is 0 Å². The van der Waals surface area contributed by atoms with Gasteiger partial charge in [0.25, 0.3) is 0 Å². The van der Waals surface area contributed by atoms with Crippen LogP contribution in [-0.2, 0) is 14.8 Å². The van der Waals surface area contributed by atoms with Crippen LogP contribution < -0.4 is 10.1 Å². The molecule has 0 spiro atoms. The van der Waals surface area contributed by atoms with E-state index in [2.05, 4.69) is 11.2 Å². The van der Waals surface area contributed by atoms with Crippen molar-refractivity contribution < 1.29 is 17.9 Å². The first-order chi connectivity index (χ1) is 12.8. The van der Waals surface area contributed by atoms with E-state index in [1.807, 2.05) is 13.8 Å². The van der Waals surface area contributed by atoms with Gasteiger partial charge in [0, 0.05) is 19.0 Å². The zero-order valence-corrected chi connectivity index (χ0v) is 17.0. The van der Waals surface area contributed by atoms with E-state index in [4.69, 9.17) is 11.2 Å². The van der Waals surface area contributed by atoms with Crippen molar-refractivity contribution in [1.29, 1.82) is 0 Å². The maximum Gasteiger partial charge on any atom is 0.243 e. The SMILES string of the molecule is C#CC(CC)(CC)NC(=O)C1CCN(S(=O)(=O)c2ccc(OC)cc2)CC1. The van der Waals surface area contributed by atoms with Crippen LogP contribution in [0.5, 0.6) is 5.75 Å². The van der Waals surface area contributed by atoms with E-state index >= 15 is 0 Å². The highest BCUT2D eigenvalue weighted by Crippen LogP contribution is 2.26. The van der Waals surface area contributed by atoms with Gasteiger partial charge in [-0.3, -0.25) is 4.79 Å². The lowest BCUT2D eigenvalue weighted by molar-refractivity contribution is -0.127. The van der Waals surface area contributed by atoms with Gasteiger partial charge in [-0.05, 0) is 49.9 Å². The van der Waals surface area contributed by atoms with Gasteiger partial charge in [-0.1, -0.05) is 19.8 Å². The van der Waals surface area contributed by atoms with E-state index in [9.17, 15) is 13.2 Å². The minimum Gasteiger partial charge on any atom is -0.497 e. The lowest BCUT2D eigenvalue weighted by Gasteiger charge is -2.33. The topological polar surface area (TPSA) is 75.7 Å². The zero-order valence-electron chi connectivity index (χ0n) is 16.2. The van der Waals surface area contributed by atoms with E-state index in [0.717, 1.165) is 0 Å². The molecule has 1 aromatic rings. The summed E-state index contributed by atoms with van der Waals surface area (Å²) in [5, 5.41) is 2.99. The molecule has 0 unspecified atom stereocenters. The number of amides is 1. The molecule has 1 aliphatic rings. The number of carbonyl (C=O) groups is 1. The summed E-state index contributed by atoms with van der Waals surface area (Å²) >= 11 is 0. The highest BCUT2D eigenvalue weighted by Gasteiger charge is 2.34. The Morgan fingerprint density at radius 3 is 2.26 bits per heavy atom. The van der Waals surface area contributed by atoms with E-state index in [1.54, 1.807) is 12.1 Å². The van der Waals surface area contributed by atoms with Crippen molar-refractivity contribution in [2.75, 3.05) is 20.2 Å². The number of ether oxygens (including phenoxy) is 1. The fourth-order valence-electron chi connectivity index (χ4n) is 3.26. The second kappa shape index (κ2) is 8.77. The van der Waals surface area contributed by atoms with E-state index in [1.165, 1.54) is 23.5 Å². The van der Waals surface area contributed by atoms with Crippen LogP contribution >= 0.6 is 0 Å². The molecule has 27 heavy (non-hydrogen) atoms. The van der Waals surface area contributed by atoms with Crippen LogP contribution in [0.4, 0.5) is 0 Å². The maximum absolute atomic E-state index is 12.8. The first-order valence-corrected chi connectivity index (χ1v) is 10.7. The highest BCUT2D eigenvalue weighted by atomic mass is 32.2. The number of sulfonamides is 1. The molecule has 1 aromatic carbocycles. The summed E-state index contributed by atoms with van der Waals surface area (Å²) in [5.41, 5.74) is -0.622. The second-order valence-electron chi connectivity index (χ2n) is 6.78. The fraction of sp³-hybridized carbons (Fsp3) is 0.550. The lowest BCUT2D eigenvalue weighted by atomic mass is 9.90. The maximum atomic E-state index is 12.8. The van der Waals surface area contributed by atoms with Crippen LogP contribution in [-0.4, -0.2) is 44.4 Å². The molecule has 1 N–H and O–H groups in total. The Kier molecular flexibility index (Phi) is 6.90. The molecule has 6 nitrogen and oxygen atoms in total. The van der Waals surface area contributed by atoms with Crippen LogP contribution in [0.3, 0.4) is 0 Å². The number of nitrogens with zero attached hydrogens (tertiary/aromatic N) is 1. The van der Waals surface area contributed by atoms with Crippen LogP contribution in [0.1, 0.15) is 39.5 Å². The number of methoxy groups -OCH3 is 1. The number of carbonyl (C=O) groups excluding carboxylic acids is 1. The summed E-state index contributed by atoms with van der Waals surface area (Å²) in [6.45, 7) is 4.53. The van der Waals surface area contributed by atoms with Crippen molar-refractivity contribution in [3.8, 4) is 18.1 Å². The molecular formula is C20H28N2O4S. The zero-order chi connectivity index (χ0) is 20.1. The number of nitrogens with one attached hydrogen (secondary N) is 1. The largest absolute Gasteiger partial charge is 0.497 e. The number of piperidine rings is 1. The summed E-state index contributed by atoms with van der Waals surface area (Å²) in [5.74, 6) is 3.00. The molecule has 1 fully saturated rings. The first kappa shape index (κ1) is 21.3. The van der Waals surface area contributed by atoms with Crippen molar-refractivity contribution in [3.05, 3.63) is 24.3 Å². The number of hydrogen-bond acceptors (Lipinski definition) is 4. The quantitative estimate of drug-likeness (QED) is 0.723. The molecule has 0 atom stereocenters. The second-order valence-corrected chi connectivity index (χ2v) is 8.71. The Labute approximate surface area is 162 Å². The summed E-state index contributed by atoms with van der Waals surface area (Å²) in [6, 6.07) is 6.33. The fourth-order valence-corrected chi connectivity index (χ4v) is 4.73. The Hall–Kier alpha value is -2.04. The van der Waals surface area contributed by atoms with Crippen molar-refractivity contribution in [1.82, 2.24) is 9.62 Å². The minimum absolute atomic E-state index is 0.0851. The molecule has 1 heterocycles. The van der Waals surface area contributed by atoms with Gasteiger partial charge < -0.3 is 10.1 Å². The number of terminal acetylenes is 1. The highest BCUT2D eigenvalue weighted by molar-refractivity contribution is 7.89. The molecule has 0 aromatic heterocycles. The summed E-state index contributed by atoms with van der Waals surface area (Å²) in [6.07, 6.45) is 7.90. The van der Waals surface area contributed by atoms with E-state index < -0.39 is 15.6 Å². The molecule has 0 bridgehead atoms. The Morgan fingerprint density at radius 1 is 1.26 bits per heavy atom. The summed E-state index contributed by atoms with van der Waals surface area (Å²) in [4.78, 5) is 12.8. The average Bonchev–Trinajstić information content (AvgIpc) is 2.72. The Morgan fingerprint density at radius 2 is 1.81 bits per heavy atom. The lowest BCUT2D eigenvalue weighted by Crippen LogP contribution is -2.51.